The lowest BCUT2D eigenvalue weighted by atomic mass is 9.75. The third kappa shape index (κ3) is 4.69. The van der Waals surface area contributed by atoms with Gasteiger partial charge in [0.15, 0.2) is 0 Å². The first-order valence-corrected chi connectivity index (χ1v) is 10.2. The molecule has 4 heteroatoms. The zero-order chi connectivity index (χ0) is 20.1. The van der Waals surface area contributed by atoms with Gasteiger partial charge in [-0.2, -0.15) is 0 Å². The van der Waals surface area contributed by atoms with E-state index in [1.807, 2.05) is 30.3 Å². The van der Waals surface area contributed by atoms with E-state index in [2.05, 4.69) is 40.7 Å². The Labute approximate surface area is 172 Å². The second-order valence-corrected chi connectivity index (χ2v) is 7.81. The number of hydrogen-bond acceptors (Lipinski definition) is 4. The number of pyridine rings is 1. The highest BCUT2D eigenvalue weighted by atomic mass is 16.5. The fourth-order valence-electron chi connectivity index (χ4n) is 4.16. The van der Waals surface area contributed by atoms with E-state index in [1.165, 1.54) is 5.56 Å². The maximum absolute atomic E-state index is 11.1. The molecule has 1 atom stereocenters. The molecule has 4 heterocycles. The summed E-state index contributed by atoms with van der Waals surface area (Å²) in [7, 11) is 1.63. The van der Waals surface area contributed by atoms with Crippen LogP contribution in [0.1, 0.15) is 35.4 Å². The van der Waals surface area contributed by atoms with E-state index in [0.29, 0.717) is 25.3 Å². The molecule has 0 amide bonds. The molecule has 1 aromatic heterocycles. The highest BCUT2D eigenvalue weighted by Gasteiger charge is 2.44. The summed E-state index contributed by atoms with van der Waals surface area (Å²) in [5.74, 6) is 12.7. The van der Waals surface area contributed by atoms with Gasteiger partial charge in [0.1, 0.15) is 17.9 Å². The zero-order valence-electron chi connectivity index (χ0n) is 16.8. The minimum atomic E-state index is -0.919. The van der Waals surface area contributed by atoms with Gasteiger partial charge < -0.3 is 9.84 Å². The number of benzene rings is 1. The van der Waals surface area contributed by atoms with Crippen LogP contribution in [0.5, 0.6) is 0 Å². The molecule has 0 aliphatic carbocycles. The van der Waals surface area contributed by atoms with Crippen LogP contribution in [-0.4, -0.2) is 53.9 Å². The highest BCUT2D eigenvalue weighted by molar-refractivity contribution is 5.45. The number of hydrogen-bond donors (Lipinski definition) is 1. The third-order valence-electron chi connectivity index (χ3n) is 5.76. The largest absolute Gasteiger partial charge is 0.376 e. The average molecular weight is 386 g/mol. The zero-order valence-corrected chi connectivity index (χ0v) is 16.8. The number of methoxy groups -OCH3 is 1. The molecule has 3 aliphatic rings. The van der Waals surface area contributed by atoms with E-state index < -0.39 is 5.60 Å². The molecule has 2 aromatic rings. The van der Waals surface area contributed by atoms with Crippen LogP contribution in [0.2, 0.25) is 0 Å². The molecule has 5 rings (SSSR count). The van der Waals surface area contributed by atoms with Gasteiger partial charge in [-0.05, 0) is 49.5 Å². The van der Waals surface area contributed by atoms with E-state index in [1.54, 1.807) is 7.11 Å². The SMILES string of the molecule is COCC#Cc1ccc(C#CC2(O)CN3CCC2CC3)c(Cc2ccccc2)n1. The molecule has 29 heavy (non-hydrogen) atoms. The van der Waals surface area contributed by atoms with Gasteiger partial charge in [-0.3, -0.25) is 4.90 Å². The summed E-state index contributed by atoms with van der Waals surface area (Å²) in [6, 6.07) is 14.1. The summed E-state index contributed by atoms with van der Waals surface area (Å²) in [5.41, 5.74) is 2.71. The first-order valence-electron chi connectivity index (χ1n) is 10.2. The van der Waals surface area contributed by atoms with Crippen molar-refractivity contribution in [1.82, 2.24) is 9.88 Å². The summed E-state index contributed by atoms with van der Waals surface area (Å²) < 4.78 is 5.00. The van der Waals surface area contributed by atoms with Crippen LogP contribution in [0.3, 0.4) is 0 Å². The Balaban J connectivity index is 1.65. The third-order valence-corrected chi connectivity index (χ3v) is 5.76. The number of aliphatic hydroxyl groups is 1. The number of rotatable bonds is 3. The summed E-state index contributed by atoms with van der Waals surface area (Å²) in [6.07, 6.45) is 2.72. The number of fused-ring (bicyclic) bond motifs is 3. The van der Waals surface area contributed by atoms with E-state index in [0.717, 1.165) is 37.2 Å². The predicted molar refractivity (Wildman–Crippen MR) is 113 cm³/mol. The van der Waals surface area contributed by atoms with Crippen molar-refractivity contribution in [2.75, 3.05) is 33.4 Å². The maximum atomic E-state index is 11.1. The quantitative estimate of drug-likeness (QED) is 0.824. The van der Waals surface area contributed by atoms with Crippen molar-refractivity contribution in [3.63, 3.8) is 0 Å². The Bertz CT molecular complexity index is 973. The lowest BCUT2D eigenvalue weighted by molar-refractivity contribution is -0.0713. The van der Waals surface area contributed by atoms with E-state index in [9.17, 15) is 5.11 Å². The Kier molecular flexibility index (Phi) is 5.97. The van der Waals surface area contributed by atoms with Gasteiger partial charge in [-0.25, -0.2) is 4.98 Å². The second-order valence-electron chi connectivity index (χ2n) is 7.81. The van der Waals surface area contributed by atoms with Gasteiger partial charge in [0.25, 0.3) is 0 Å². The molecule has 3 saturated heterocycles. The standard InChI is InChI=1S/C25H26N2O2/c1-29-17-5-8-23-10-9-21(24(26-23)18-20-6-3-2-4-7-20)11-14-25(28)19-27-15-12-22(25)13-16-27/h2-4,6-7,9-10,22,28H,12-13,15-19H2,1H3. The van der Waals surface area contributed by atoms with Gasteiger partial charge in [0.2, 0.25) is 0 Å². The normalized spacial score (nSPS) is 24.9. The Morgan fingerprint density at radius 2 is 1.93 bits per heavy atom. The van der Waals surface area contributed by atoms with Gasteiger partial charge in [0.05, 0.1) is 5.69 Å². The number of ether oxygens (including phenoxy) is 1. The number of aromatic nitrogens is 1. The van der Waals surface area contributed by atoms with E-state index >= 15 is 0 Å². The van der Waals surface area contributed by atoms with Gasteiger partial charge in [-0.15, -0.1) is 0 Å². The molecule has 4 nitrogen and oxygen atoms in total. The molecule has 2 bridgehead atoms. The van der Waals surface area contributed by atoms with Gasteiger partial charge >= 0.3 is 0 Å². The van der Waals surface area contributed by atoms with Crippen molar-refractivity contribution in [2.45, 2.75) is 24.9 Å². The van der Waals surface area contributed by atoms with E-state index in [4.69, 9.17) is 9.72 Å². The molecule has 148 valence electrons. The molecule has 3 fully saturated rings. The number of piperidine rings is 3. The minimum absolute atomic E-state index is 0.268. The van der Waals surface area contributed by atoms with Gasteiger partial charge in [-0.1, -0.05) is 48.1 Å². The van der Waals surface area contributed by atoms with Crippen molar-refractivity contribution in [3.05, 3.63) is 65.0 Å². The molecular weight excluding hydrogens is 360 g/mol. The Hall–Kier alpha value is -2.63. The molecule has 1 N–H and O–H groups in total. The first-order chi connectivity index (χ1) is 14.2. The van der Waals surface area contributed by atoms with Crippen molar-refractivity contribution >= 4 is 0 Å². The molecule has 0 saturated carbocycles. The fraction of sp³-hybridized carbons (Fsp3) is 0.400. The second kappa shape index (κ2) is 8.80. The molecule has 1 aromatic carbocycles. The average Bonchev–Trinajstić information content (AvgIpc) is 2.75. The van der Waals surface area contributed by atoms with Crippen molar-refractivity contribution in [3.8, 4) is 23.7 Å². The van der Waals surface area contributed by atoms with E-state index in [-0.39, 0.29) is 5.92 Å². The topological polar surface area (TPSA) is 45.6 Å². The molecule has 0 radical (unpaired) electrons. The van der Waals surface area contributed by atoms with Crippen LogP contribution < -0.4 is 0 Å². The maximum Gasteiger partial charge on any atom is 0.141 e. The number of nitrogens with zero attached hydrogens (tertiary/aromatic N) is 2. The lowest BCUT2D eigenvalue weighted by Gasteiger charge is -2.47. The lowest BCUT2D eigenvalue weighted by Crippen LogP contribution is -2.58. The smallest absolute Gasteiger partial charge is 0.141 e. The minimum Gasteiger partial charge on any atom is -0.376 e. The van der Waals surface area contributed by atoms with Gasteiger partial charge in [0, 0.05) is 31.6 Å². The van der Waals surface area contributed by atoms with Crippen LogP contribution in [-0.2, 0) is 11.2 Å². The predicted octanol–water partition coefficient (Wildman–Crippen LogP) is 2.48. The van der Waals surface area contributed by atoms with Crippen LogP contribution in [0.25, 0.3) is 0 Å². The first kappa shape index (κ1) is 19.7. The molecule has 0 spiro atoms. The Morgan fingerprint density at radius 3 is 2.62 bits per heavy atom. The summed E-state index contributed by atoms with van der Waals surface area (Å²) in [6.45, 7) is 3.17. The Morgan fingerprint density at radius 1 is 1.14 bits per heavy atom. The monoisotopic (exact) mass is 386 g/mol. The highest BCUT2D eigenvalue weighted by Crippen LogP contribution is 2.35. The molecule has 3 aliphatic heterocycles. The van der Waals surface area contributed by atoms with Crippen molar-refractivity contribution in [2.24, 2.45) is 5.92 Å². The van der Waals surface area contributed by atoms with Crippen molar-refractivity contribution in [1.29, 1.82) is 0 Å². The van der Waals surface area contributed by atoms with Crippen LogP contribution in [0, 0.1) is 29.6 Å². The summed E-state index contributed by atoms with van der Waals surface area (Å²) >= 11 is 0. The molecular formula is C25H26N2O2. The summed E-state index contributed by atoms with van der Waals surface area (Å²) in [5, 5.41) is 11.1. The van der Waals surface area contributed by atoms with Crippen LogP contribution in [0.4, 0.5) is 0 Å². The van der Waals surface area contributed by atoms with Crippen LogP contribution in [0.15, 0.2) is 42.5 Å². The summed E-state index contributed by atoms with van der Waals surface area (Å²) in [4.78, 5) is 7.06. The van der Waals surface area contributed by atoms with Crippen molar-refractivity contribution < 1.29 is 9.84 Å². The molecule has 1 unspecified atom stereocenters. The van der Waals surface area contributed by atoms with Crippen LogP contribution >= 0.6 is 0 Å². The fourth-order valence-corrected chi connectivity index (χ4v) is 4.16.